The second-order valence-corrected chi connectivity index (χ2v) is 6.56. The van der Waals surface area contributed by atoms with Crippen LogP contribution in [0.1, 0.15) is 31.2 Å². The highest BCUT2D eigenvalue weighted by atomic mass is 15.0. The van der Waals surface area contributed by atoms with Crippen LogP contribution in [0, 0.1) is 5.41 Å². The van der Waals surface area contributed by atoms with E-state index in [-0.39, 0.29) is 0 Å². The molecule has 1 fully saturated rings. The molecule has 3 heterocycles. The summed E-state index contributed by atoms with van der Waals surface area (Å²) in [5.74, 6) is 1.48. The zero-order valence-electron chi connectivity index (χ0n) is 14.9. The molecular formula is C20H21N7. The zero-order chi connectivity index (χ0) is 18.5. The van der Waals surface area contributed by atoms with Crippen LogP contribution in [-0.4, -0.2) is 32.2 Å². The topological polar surface area (TPSA) is 99.5 Å². The molecule has 7 heteroatoms. The van der Waals surface area contributed by atoms with E-state index in [2.05, 4.69) is 30.6 Å². The third kappa shape index (κ3) is 4.08. The van der Waals surface area contributed by atoms with E-state index in [1.165, 1.54) is 31.9 Å². The maximum absolute atomic E-state index is 7.62. The Morgan fingerprint density at radius 1 is 1.00 bits per heavy atom. The van der Waals surface area contributed by atoms with E-state index in [0.29, 0.717) is 28.8 Å². The zero-order valence-corrected chi connectivity index (χ0v) is 14.9. The van der Waals surface area contributed by atoms with Gasteiger partial charge in [-0.2, -0.15) is 0 Å². The van der Waals surface area contributed by atoms with Gasteiger partial charge in [-0.05, 0) is 31.0 Å². The molecule has 0 aromatic carbocycles. The first kappa shape index (κ1) is 17.1. The molecule has 0 saturated heterocycles. The lowest BCUT2D eigenvalue weighted by Crippen LogP contribution is -2.15. The maximum Gasteiger partial charge on any atom is 0.145 e. The highest BCUT2D eigenvalue weighted by molar-refractivity contribution is 5.88. The van der Waals surface area contributed by atoms with Crippen molar-refractivity contribution in [2.75, 3.05) is 10.6 Å². The molecule has 0 unspecified atom stereocenters. The monoisotopic (exact) mass is 359 g/mol. The minimum atomic E-state index is 0.476. The number of aromatic nitrogens is 4. The lowest BCUT2D eigenvalue weighted by Gasteiger charge is -2.13. The number of nitrogens with zero attached hydrogens (tertiary/aromatic N) is 4. The van der Waals surface area contributed by atoms with Gasteiger partial charge in [0.2, 0.25) is 0 Å². The van der Waals surface area contributed by atoms with Gasteiger partial charge in [0, 0.05) is 30.2 Å². The molecule has 7 nitrogen and oxygen atoms in total. The Balaban J connectivity index is 1.61. The number of hydrogen-bond donors (Lipinski definition) is 3. The van der Waals surface area contributed by atoms with Gasteiger partial charge in [-0.15, -0.1) is 0 Å². The Kier molecular flexibility index (Phi) is 5.00. The molecule has 4 rings (SSSR count). The van der Waals surface area contributed by atoms with Crippen molar-refractivity contribution >= 4 is 23.5 Å². The van der Waals surface area contributed by atoms with Crippen LogP contribution in [0.3, 0.4) is 0 Å². The van der Waals surface area contributed by atoms with Gasteiger partial charge < -0.3 is 16.0 Å². The van der Waals surface area contributed by atoms with Crippen LogP contribution < -0.4 is 10.6 Å². The molecular weight excluding hydrogens is 338 g/mol. The van der Waals surface area contributed by atoms with Crippen molar-refractivity contribution < 1.29 is 0 Å². The van der Waals surface area contributed by atoms with Gasteiger partial charge in [-0.1, -0.05) is 18.9 Å². The van der Waals surface area contributed by atoms with Crippen molar-refractivity contribution in [2.24, 2.45) is 0 Å². The molecule has 0 atom stereocenters. The molecule has 27 heavy (non-hydrogen) atoms. The van der Waals surface area contributed by atoms with Crippen molar-refractivity contribution in [1.82, 2.24) is 19.9 Å². The minimum absolute atomic E-state index is 0.476. The van der Waals surface area contributed by atoms with E-state index in [1.807, 2.05) is 24.3 Å². The summed E-state index contributed by atoms with van der Waals surface area (Å²) >= 11 is 0. The number of pyridine rings is 2. The third-order valence-electron chi connectivity index (χ3n) is 4.62. The van der Waals surface area contributed by atoms with Crippen LogP contribution in [0.4, 0.5) is 17.3 Å². The van der Waals surface area contributed by atoms with Gasteiger partial charge in [0.05, 0.1) is 23.8 Å². The molecule has 3 aromatic heterocycles. The average molecular weight is 359 g/mol. The highest BCUT2D eigenvalue weighted by Gasteiger charge is 2.16. The van der Waals surface area contributed by atoms with E-state index in [0.717, 1.165) is 11.5 Å². The average Bonchev–Trinajstić information content (AvgIpc) is 3.22. The lowest BCUT2D eigenvalue weighted by atomic mass is 10.2. The Morgan fingerprint density at radius 2 is 1.89 bits per heavy atom. The summed E-state index contributed by atoms with van der Waals surface area (Å²) in [7, 11) is 0. The first-order valence-corrected chi connectivity index (χ1v) is 9.09. The summed E-state index contributed by atoms with van der Waals surface area (Å²) in [6.07, 6.45) is 13.0. The summed E-state index contributed by atoms with van der Waals surface area (Å²) < 4.78 is 0. The molecule has 3 aromatic rings. The van der Waals surface area contributed by atoms with Gasteiger partial charge in [-0.25, -0.2) is 9.97 Å². The van der Waals surface area contributed by atoms with Gasteiger partial charge in [0.15, 0.2) is 0 Å². The molecule has 136 valence electrons. The van der Waals surface area contributed by atoms with Crippen molar-refractivity contribution in [3.8, 4) is 11.4 Å². The number of nitrogens with one attached hydrogen (secondary N) is 3. The first-order valence-electron chi connectivity index (χ1n) is 9.09. The normalized spacial score (nSPS) is 14.1. The van der Waals surface area contributed by atoms with E-state index < -0.39 is 0 Å². The van der Waals surface area contributed by atoms with Crippen LogP contribution >= 0.6 is 0 Å². The van der Waals surface area contributed by atoms with Crippen molar-refractivity contribution in [1.29, 1.82) is 5.41 Å². The minimum Gasteiger partial charge on any atom is -0.366 e. The van der Waals surface area contributed by atoms with Crippen LogP contribution in [0.2, 0.25) is 0 Å². The van der Waals surface area contributed by atoms with Crippen molar-refractivity contribution in [2.45, 2.75) is 31.7 Å². The molecule has 0 bridgehead atoms. The van der Waals surface area contributed by atoms with Gasteiger partial charge >= 0.3 is 0 Å². The third-order valence-corrected chi connectivity index (χ3v) is 4.62. The second kappa shape index (κ2) is 7.90. The van der Waals surface area contributed by atoms with E-state index in [9.17, 15) is 0 Å². The first-order chi connectivity index (χ1) is 13.3. The largest absolute Gasteiger partial charge is 0.366 e. The molecule has 1 aliphatic rings. The van der Waals surface area contributed by atoms with Crippen molar-refractivity contribution in [3.05, 3.63) is 54.6 Å². The van der Waals surface area contributed by atoms with Crippen LogP contribution in [0.25, 0.3) is 11.4 Å². The van der Waals surface area contributed by atoms with Gasteiger partial charge in [-0.3, -0.25) is 9.97 Å². The number of anilines is 3. The highest BCUT2D eigenvalue weighted by Crippen LogP contribution is 2.25. The van der Waals surface area contributed by atoms with Gasteiger partial charge in [0.1, 0.15) is 17.3 Å². The Hall–Kier alpha value is -3.35. The summed E-state index contributed by atoms with van der Waals surface area (Å²) in [5.41, 5.74) is 2.82. The fourth-order valence-corrected chi connectivity index (χ4v) is 3.24. The van der Waals surface area contributed by atoms with Crippen LogP contribution in [-0.2, 0) is 0 Å². The standard InChI is InChI=1S/C20H21N7/c21-10-14-11-24-17(9-16(14)26-19-7-3-4-8-23-19)18-12-22-13-20(27-18)25-15-5-1-2-6-15/h3-4,7-13,15,21H,1-2,5-6H2,(H,25,27)(H,23,24,26). The molecule has 0 aliphatic heterocycles. The molecule has 1 aliphatic carbocycles. The fraction of sp³-hybridized carbons (Fsp3) is 0.250. The van der Waals surface area contributed by atoms with Crippen molar-refractivity contribution in [3.63, 3.8) is 0 Å². The summed E-state index contributed by atoms with van der Waals surface area (Å²) in [5, 5.41) is 14.3. The molecule has 1 saturated carbocycles. The maximum atomic E-state index is 7.62. The predicted molar refractivity (Wildman–Crippen MR) is 107 cm³/mol. The summed E-state index contributed by atoms with van der Waals surface area (Å²) in [4.78, 5) is 17.7. The molecule has 0 spiro atoms. The number of hydrogen-bond acceptors (Lipinski definition) is 7. The van der Waals surface area contributed by atoms with E-state index in [1.54, 1.807) is 24.8 Å². The number of rotatable bonds is 6. The Bertz CT molecular complexity index is 921. The lowest BCUT2D eigenvalue weighted by molar-refractivity contribution is 0.749. The van der Waals surface area contributed by atoms with E-state index in [4.69, 9.17) is 5.41 Å². The van der Waals surface area contributed by atoms with Gasteiger partial charge in [0.25, 0.3) is 0 Å². The fourth-order valence-electron chi connectivity index (χ4n) is 3.24. The predicted octanol–water partition coefficient (Wildman–Crippen LogP) is 4.03. The Morgan fingerprint density at radius 3 is 2.67 bits per heavy atom. The van der Waals surface area contributed by atoms with Crippen LogP contribution in [0.5, 0.6) is 0 Å². The smallest absolute Gasteiger partial charge is 0.145 e. The molecule has 0 radical (unpaired) electrons. The second-order valence-electron chi connectivity index (χ2n) is 6.56. The van der Waals surface area contributed by atoms with E-state index >= 15 is 0 Å². The SMILES string of the molecule is N=Cc1cnc(-c2cncc(NC3CCCC3)n2)cc1Nc1ccccn1. The molecule has 0 amide bonds. The Labute approximate surface area is 157 Å². The quantitative estimate of drug-likeness (QED) is 0.575. The summed E-state index contributed by atoms with van der Waals surface area (Å²) in [6.45, 7) is 0. The van der Waals surface area contributed by atoms with Crippen LogP contribution in [0.15, 0.2) is 49.1 Å². The molecule has 3 N–H and O–H groups in total. The summed E-state index contributed by atoms with van der Waals surface area (Å²) in [6, 6.07) is 7.99.